The van der Waals surface area contributed by atoms with Crippen LogP contribution in [0.2, 0.25) is 0 Å². The molecule has 3 nitrogen and oxygen atoms in total. The molecule has 0 saturated heterocycles. The second-order valence-corrected chi connectivity index (χ2v) is 3.95. The van der Waals surface area contributed by atoms with Crippen LogP contribution in [0.25, 0.3) is 0 Å². The fourth-order valence-corrected chi connectivity index (χ4v) is 1.49. The van der Waals surface area contributed by atoms with Crippen LogP contribution in [0.3, 0.4) is 0 Å². The minimum absolute atomic E-state index is 0.403. The summed E-state index contributed by atoms with van der Waals surface area (Å²) >= 11 is 0. The zero-order valence-corrected chi connectivity index (χ0v) is 10.7. The molecule has 0 rings (SSSR count). The summed E-state index contributed by atoms with van der Waals surface area (Å²) < 4.78 is 4.68. The number of unbranched alkanes of at least 4 members (excludes halogenated alkanes) is 3. The average molecular weight is 228 g/mol. The number of allylic oxidation sites excluding steroid dienone is 1. The first kappa shape index (κ1) is 15.2. The van der Waals surface area contributed by atoms with Crippen molar-refractivity contribution >= 4 is 5.97 Å². The number of esters is 1. The molecule has 0 bridgehead atoms. The fraction of sp³-hybridized carbons (Fsp3) is 0.769. The van der Waals surface area contributed by atoms with Gasteiger partial charge >= 0.3 is 5.97 Å². The molecule has 0 amide bonds. The highest BCUT2D eigenvalue weighted by Gasteiger charge is 2.18. The first-order valence-electron chi connectivity index (χ1n) is 6.13. The Hall–Kier alpha value is -0.830. The fourth-order valence-electron chi connectivity index (χ4n) is 1.49. The average Bonchev–Trinajstić information content (AvgIpc) is 2.30. The van der Waals surface area contributed by atoms with Crippen LogP contribution in [-0.4, -0.2) is 24.3 Å². The van der Waals surface area contributed by atoms with E-state index in [0.29, 0.717) is 12.0 Å². The number of aliphatic hydroxyl groups is 1. The Morgan fingerprint density at radius 1 is 1.31 bits per heavy atom. The molecule has 0 aliphatic carbocycles. The topological polar surface area (TPSA) is 46.5 Å². The van der Waals surface area contributed by atoms with Gasteiger partial charge in [0, 0.05) is 0 Å². The third kappa shape index (κ3) is 5.91. The Balaban J connectivity index is 4.40. The van der Waals surface area contributed by atoms with Gasteiger partial charge < -0.3 is 9.84 Å². The molecule has 1 unspecified atom stereocenters. The molecule has 94 valence electrons. The minimum atomic E-state index is -0.677. The van der Waals surface area contributed by atoms with E-state index in [2.05, 4.69) is 18.6 Å². The zero-order chi connectivity index (χ0) is 12.4. The molecule has 0 aromatic rings. The van der Waals surface area contributed by atoms with Gasteiger partial charge in [0.05, 0.1) is 18.8 Å². The SMILES string of the molecule is CCCC/C=C(\C(=O)OC)C(O)CCCC. The lowest BCUT2D eigenvalue weighted by Crippen LogP contribution is -2.19. The smallest absolute Gasteiger partial charge is 0.336 e. The van der Waals surface area contributed by atoms with Crippen molar-refractivity contribution in [3.63, 3.8) is 0 Å². The number of rotatable bonds is 8. The predicted octanol–water partition coefficient (Wildman–Crippen LogP) is 2.83. The van der Waals surface area contributed by atoms with Gasteiger partial charge in [0.25, 0.3) is 0 Å². The second-order valence-electron chi connectivity index (χ2n) is 3.95. The number of hydrogen-bond donors (Lipinski definition) is 1. The minimum Gasteiger partial charge on any atom is -0.466 e. The van der Waals surface area contributed by atoms with Crippen LogP contribution >= 0.6 is 0 Å². The maximum Gasteiger partial charge on any atom is 0.336 e. The summed E-state index contributed by atoms with van der Waals surface area (Å²) in [5.74, 6) is -0.403. The quantitative estimate of drug-likeness (QED) is 0.395. The van der Waals surface area contributed by atoms with E-state index in [4.69, 9.17) is 0 Å². The lowest BCUT2D eigenvalue weighted by molar-refractivity contribution is -0.137. The molecule has 0 radical (unpaired) electrons. The zero-order valence-electron chi connectivity index (χ0n) is 10.7. The number of carbonyl (C=O) groups excluding carboxylic acids is 1. The molecule has 0 heterocycles. The summed E-state index contributed by atoms with van der Waals surface area (Å²) in [5, 5.41) is 9.87. The van der Waals surface area contributed by atoms with E-state index < -0.39 is 12.1 Å². The van der Waals surface area contributed by atoms with Crippen molar-refractivity contribution in [1.82, 2.24) is 0 Å². The van der Waals surface area contributed by atoms with E-state index in [1.54, 1.807) is 0 Å². The van der Waals surface area contributed by atoms with Crippen LogP contribution in [0.15, 0.2) is 11.6 Å². The highest BCUT2D eigenvalue weighted by Crippen LogP contribution is 2.13. The second kappa shape index (κ2) is 9.40. The Morgan fingerprint density at radius 3 is 2.44 bits per heavy atom. The van der Waals surface area contributed by atoms with Crippen LogP contribution in [0.1, 0.15) is 52.4 Å². The maximum absolute atomic E-state index is 11.5. The molecule has 1 N–H and O–H groups in total. The summed E-state index contributed by atoms with van der Waals surface area (Å²) in [6.07, 6.45) is 6.63. The first-order valence-corrected chi connectivity index (χ1v) is 6.13. The number of hydrogen-bond acceptors (Lipinski definition) is 3. The van der Waals surface area contributed by atoms with E-state index in [1.807, 2.05) is 6.08 Å². The van der Waals surface area contributed by atoms with Gasteiger partial charge in [0.1, 0.15) is 0 Å². The number of ether oxygens (including phenoxy) is 1. The Morgan fingerprint density at radius 2 is 1.94 bits per heavy atom. The van der Waals surface area contributed by atoms with Crippen molar-refractivity contribution < 1.29 is 14.6 Å². The first-order chi connectivity index (χ1) is 7.67. The molecule has 3 heteroatoms. The van der Waals surface area contributed by atoms with Crippen LogP contribution in [0.4, 0.5) is 0 Å². The van der Waals surface area contributed by atoms with Gasteiger partial charge in [-0.05, 0) is 12.8 Å². The van der Waals surface area contributed by atoms with Gasteiger partial charge in [-0.3, -0.25) is 0 Å². The van der Waals surface area contributed by atoms with E-state index in [1.165, 1.54) is 7.11 Å². The van der Waals surface area contributed by atoms with E-state index in [-0.39, 0.29) is 0 Å². The lowest BCUT2D eigenvalue weighted by Gasteiger charge is -2.12. The highest BCUT2D eigenvalue weighted by atomic mass is 16.5. The summed E-state index contributed by atoms with van der Waals surface area (Å²) in [7, 11) is 1.35. The molecular formula is C13H24O3. The summed E-state index contributed by atoms with van der Waals surface area (Å²) in [5.41, 5.74) is 0.421. The summed E-state index contributed by atoms with van der Waals surface area (Å²) in [6, 6.07) is 0. The van der Waals surface area contributed by atoms with E-state index >= 15 is 0 Å². The van der Waals surface area contributed by atoms with Crippen molar-refractivity contribution in [2.24, 2.45) is 0 Å². The van der Waals surface area contributed by atoms with Crippen LogP contribution < -0.4 is 0 Å². The Bertz CT molecular complexity index is 221. The third-order valence-corrected chi connectivity index (χ3v) is 2.53. The van der Waals surface area contributed by atoms with Crippen molar-refractivity contribution in [2.75, 3.05) is 7.11 Å². The summed E-state index contributed by atoms with van der Waals surface area (Å²) in [6.45, 7) is 4.16. The number of methoxy groups -OCH3 is 1. The summed E-state index contributed by atoms with van der Waals surface area (Å²) in [4.78, 5) is 11.5. The normalized spacial score (nSPS) is 13.6. The molecule has 0 aromatic heterocycles. The molecule has 0 saturated carbocycles. The van der Waals surface area contributed by atoms with Crippen LogP contribution in [0.5, 0.6) is 0 Å². The van der Waals surface area contributed by atoms with E-state index in [9.17, 15) is 9.90 Å². The van der Waals surface area contributed by atoms with Crippen molar-refractivity contribution in [3.8, 4) is 0 Å². The molecule has 1 atom stereocenters. The molecule has 0 spiro atoms. The highest BCUT2D eigenvalue weighted by molar-refractivity contribution is 5.89. The Labute approximate surface area is 98.5 Å². The van der Waals surface area contributed by atoms with Gasteiger partial charge in [-0.15, -0.1) is 0 Å². The molecule has 0 aliphatic heterocycles. The third-order valence-electron chi connectivity index (χ3n) is 2.53. The van der Waals surface area contributed by atoms with Crippen molar-refractivity contribution in [1.29, 1.82) is 0 Å². The number of aliphatic hydroxyl groups excluding tert-OH is 1. The van der Waals surface area contributed by atoms with Crippen molar-refractivity contribution in [3.05, 3.63) is 11.6 Å². The molecule has 0 fully saturated rings. The lowest BCUT2D eigenvalue weighted by atomic mass is 10.0. The molecule has 16 heavy (non-hydrogen) atoms. The van der Waals surface area contributed by atoms with Crippen molar-refractivity contribution in [2.45, 2.75) is 58.5 Å². The van der Waals surface area contributed by atoms with Crippen LogP contribution in [-0.2, 0) is 9.53 Å². The van der Waals surface area contributed by atoms with Crippen LogP contribution in [0, 0.1) is 0 Å². The standard InChI is InChI=1S/C13H24O3/c1-4-6-8-9-11(13(15)16-3)12(14)10-7-5-2/h9,12,14H,4-8,10H2,1-3H3/b11-9-. The predicted molar refractivity (Wildman–Crippen MR) is 65.2 cm³/mol. The van der Waals surface area contributed by atoms with Gasteiger partial charge in [-0.25, -0.2) is 4.79 Å². The van der Waals surface area contributed by atoms with Gasteiger partial charge in [-0.2, -0.15) is 0 Å². The van der Waals surface area contributed by atoms with Gasteiger partial charge in [0.2, 0.25) is 0 Å². The molecular weight excluding hydrogens is 204 g/mol. The van der Waals surface area contributed by atoms with E-state index in [0.717, 1.165) is 32.1 Å². The van der Waals surface area contributed by atoms with Gasteiger partial charge in [0.15, 0.2) is 0 Å². The monoisotopic (exact) mass is 228 g/mol. The largest absolute Gasteiger partial charge is 0.466 e. The molecule has 0 aromatic carbocycles. The van der Waals surface area contributed by atoms with Gasteiger partial charge in [-0.1, -0.05) is 45.6 Å². The Kier molecular flexibility index (Phi) is 8.91. The maximum atomic E-state index is 11.5. The number of carbonyl (C=O) groups is 1. The molecule has 0 aliphatic rings.